The first-order chi connectivity index (χ1) is 9.86. The van der Waals surface area contributed by atoms with Gasteiger partial charge in [0.1, 0.15) is 0 Å². The van der Waals surface area contributed by atoms with Gasteiger partial charge < -0.3 is 20.1 Å². The molecule has 1 unspecified atom stereocenters. The molecule has 0 amide bonds. The number of carbonyl (C=O) groups is 3. The number of aliphatic hydroxyl groups is 1. The maximum Gasteiger partial charge on any atom is 0.338 e. The smallest absolute Gasteiger partial charge is 0.338 e. The van der Waals surface area contributed by atoms with Crippen molar-refractivity contribution in [3.63, 3.8) is 0 Å². The van der Waals surface area contributed by atoms with Gasteiger partial charge in [0.15, 0.2) is 6.10 Å². The third-order valence-corrected chi connectivity index (χ3v) is 2.79. The van der Waals surface area contributed by atoms with E-state index in [0.29, 0.717) is 0 Å². The van der Waals surface area contributed by atoms with Crippen molar-refractivity contribution in [3.05, 3.63) is 34.9 Å². The Morgan fingerprint density at radius 1 is 1.24 bits per heavy atom. The number of aliphatic hydroxyl groups excluding tert-OH is 1. The second-order valence-electron chi connectivity index (χ2n) is 4.27. The lowest BCUT2D eigenvalue weighted by atomic mass is 9.96. The average molecular weight is 296 g/mol. The van der Waals surface area contributed by atoms with Gasteiger partial charge in [-0.1, -0.05) is 6.07 Å². The van der Waals surface area contributed by atoms with E-state index in [1.807, 2.05) is 0 Å². The van der Waals surface area contributed by atoms with Crippen molar-refractivity contribution in [2.24, 2.45) is 0 Å². The van der Waals surface area contributed by atoms with Crippen molar-refractivity contribution >= 4 is 17.9 Å². The van der Waals surface area contributed by atoms with Crippen LogP contribution >= 0.6 is 0 Å². The minimum Gasteiger partial charge on any atom is -0.481 e. The maximum atomic E-state index is 11.6. The van der Waals surface area contributed by atoms with E-state index in [2.05, 4.69) is 0 Å². The molecule has 1 atom stereocenters. The van der Waals surface area contributed by atoms with E-state index in [9.17, 15) is 19.5 Å². The molecule has 114 valence electrons. The van der Waals surface area contributed by atoms with Crippen molar-refractivity contribution in [3.8, 4) is 0 Å². The van der Waals surface area contributed by atoms with Crippen LogP contribution in [-0.2, 0) is 20.7 Å². The fraction of sp³-hybridized carbons (Fsp3) is 0.357. The molecule has 0 heterocycles. The second kappa shape index (κ2) is 7.39. The molecular weight excluding hydrogens is 280 g/mol. The number of hydrogen-bond acceptors (Lipinski definition) is 5. The highest BCUT2D eigenvalue weighted by Crippen LogP contribution is 2.22. The number of hydrogen-bond donors (Lipinski definition) is 3. The Balaban J connectivity index is 3.15. The lowest BCUT2D eigenvalue weighted by Crippen LogP contribution is -2.15. The summed E-state index contributed by atoms with van der Waals surface area (Å²) in [6, 6.07) is 3.98. The first kappa shape index (κ1) is 16.6. The molecule has 0 saturated heterocycles. The molecule has 7 nitrogen and oxygen atoms in total. The predicted octanol–water partition coefficient (Wildman–Crippen LogP) is 0.998. The molecule has 0 aromatic heterocycles. The van der Waals surface area contributed by atoms with Gasteiger partial charge in [-0.15, -0.1) is 0 Å². The summed E-state index contributed by atoms with van der Waals surface area (Å²) in [5, 5.41) is 27.2. The number of esters is 1. The van der Waals surface area contributed by atoms with Gasteiger partial charge in [0.2, 0.25) is 0 Å². The lowest BCUT2D eigenvalue weighted by Gasteiger charge is -2.13. The first-order valence-electron chi connectivity index (χ1n) is 6.29. The van der Waals surface area contributed by atoms with E-state index in [1.165, 1.54) is 18.2 Å². The molecule has 0 aliphatic carbocycles. The summed E-state index contributed by atoms with van der Waals surface area (Å²) in [6.07, 6.45) is -2.02. The van der Waals surface area contributed by atoms with Crippen LogP contribution in [0, 0.1) is 0 Å². The number of carboxylic acid groups (broad SMARTS) is 2. The SMILES string of the molecule is CCOC(=O)c1ccc(C(O)C(=O)O)c(CCC(=O)O)c1. The van der Waals surface area contributed by atoms with Crippen LogP contribution in [0.15, 0.2) is 18.2 Å². The van der Waals surface area contributed by atoms with Crippen molar-refractivity contribution in [2.45, 2.75) is 25.9 Å². The largest absolute Gasteiger partial charge is 0.481 e. The summed E-state index contributed by atoms with van der Waals surface area (Å²) in [7, 11) is 0. The van der Waals surface area contributed by atoms with Gasteiger partial charge in [0.25, 0.3) is 0 Å². The normalized spacial score (nSPS) is 11.7. The number of ether oxygens (including phenoxy) is 1. The van der Waals surface area contributed by atoms with Crippen LogP contribution in [0.5, 0.6) is 0 Å². The fourth-order valence-corrected chi connectivity index (χ4v) is 1.81. The minimum absolute atomic E-state index is 0.00223. The Bertz CT molecular complexity index is 550. The highest BCUT2D eigenvalue weighted by molar-refractivity contribution is 5.90. The third-order valence-electron chi connectivity index (χ3n) is 2.79. The van der Waals surface area contributed by atoms with Crippen molar-refractivity contribution in [2.75, 3.05) is 6.61 Å². The number of carbonyl (C=O) groups excluding carboxylic acids is 1. The molecule has 1 rings (SSSR count). The van der Waals surface area contributed by atoms with Crippen LogP contribution in [0.4, 0.5) is 0 Å². The van der Waals surface area contributed by atoms with Gasteiger partial charge >= 0.3 is 17.9 Å². The molecule has 0 fully saturated rings. The quantitative estimate of drug-likeness (QED) is 0.642. The van der Waals surface area contributed by atoms with E-state index >= 15 is 0 Å². The number of benzene rings is 1. The third kappa shape index (κ3) is 4.57. The summed E-state index contributed by atoms with van der Waals surface area (Å²) in [5.74, 6) is -3.10. The van der Waals surface area contributed by atoms with Gasteiger partial charge in [-0.25, -0.2) is 9.59 Å². The number of rotatable bonds is 7. The van der Waals surface area contributed by atoms with Gasteiger partial charge in [-0.2, -0.15) is 0 Å². The van der Waals surface area contributed by atoms with Crippen LogP contribution in [0.2, 0.25) is 0 Å². The van der Waals surface area contributed by atoms with Crippen molar-refractivity contribution in [1.82, 2.24) is 0 Å². The molecule has 0 aliphatic heterocycles. The van der Waals surface area contributed by atoms with Crippen LogP contribution in [0.1, 0.15) is 40.9 Å². The van der Waals surface area contributed by atoms with Gasteiger partial charge in [-0.05, 0) is 36.6 Å². The Morgan fingerprint density at radius 3 is 2.43 bits per heavy atom. The molecule has 0 spiro atoms. The minimum atomic E-state index is -1.77. The zero-order valence-electron chi connectivity index (χ0n) is 11.4. The van der Waals surface area contributed by atoms with Crippen molar-refractivity contribution in [1.29, 1.82) is 0 Å². The summed E-state index contributed by atoms with van der Waals surface area (Å²) >= 11 is 0. The summed E-state index contributed by atoms with van der Waals surface area (Å²) in [4.78, 5) is 33.1. The monoisotopic (exact) mass is 296 g/mol. The highest BCUT2D eigenvalue weighted by Gasteiger charge is 2.21. The Kier molecular flexibility index (Phi) is 5.86. The molecule has 0 bridgehead atoms. The van der Waals surface area contributed by atoms with Crippen LogP contribution in [0.25, 0.3) is 0 Å². The highest BCUT2D eigenvalue weighted by atomic mass is 16.5. The molecule has 0 saturated carbocycles. The Labute approximate surface area is 120 Å². The molecule has 1 aromatic rings. The van der Waals surface area contributed by atoms with E-state index in [4.69, 9.17) is 14.9 Å². The Hall–Kier alpha value is -2.41. The molecule has 21 heavy (non-hydrogen) atoms. The first-order valence-corrected chi connectivity index (χ1v) is 6.29. The van der Waals surface area contributed by atoms with Gasteiger partial charge in [-0.3, -0.25) is 4.79 Å². The van der Waals surface area contributed by atoms with Crippen LogP contribution in [0.3, 0.4) is 0 Å². The van der Waals surface area contributed by atoms with Crippen LogP contribution in [-0.4, -0.2) is 39.8 Å². The van der Waals surface area contributed by atoms with E-state index in [-0.39, 0.29) is 36.1 Å². The Morgan fingerprint density at radius 2 is 1.90 bits per heavy atom. The zero-order valence-corrected chi connectivity index (χ0v) is 11.4. The van der Waals surface area contributed by atoms with Crippen LogP contribution < -0.4 is 0 Å². The second-order valence-corrected chi connectivity index (χ2v) is 4.27. The molecule has 1 aromatic carbocycles. The fourth-order valence-electron chi connectivity index (χ4n) is 1.81. The summed E-state index contributed by atoms with van der Waals surface area (Å²) in [5.41, 5.74) is 0.535. The molecule has 0 radical (unpaired) electrons. The molecule has 3 N–H and O–H groups in total. The average Bonchev–Trinajstić information content (AvgIpc) is 2.44. The number of aliphatic carboxylic acids is 2. The zero-order chi connectivity index (χ0) is 16.0. The van der Waals surface area contributed by atoms with Crippen molar-refractivity contribution < 1.29 is 34.4 Å². The molecule has 0 aliphatic rings. The standard InChI is InChI=1S/C14H16O7/c1-2-21-14(20)9-3-5-10(12(17)13(18)19)8(7-9)4-6-11(15)16/h3,5,7,12,17H,2,4,6H2,1H3,(H,15,16)(H,18,19). The number of aryl methyl sites for hydroxylation is 1. The predicted molar refractivity (Wildman–Crippen MR) is 71.0 cm³/mol. The number of carboxylic acids is 2. The van der Waals surface area contributed by atoms with Gasteiger partial charge in [0, 0.05) is 6.42 Å². The summed E-state index contributed by atoms with van der Waals surface area (Å²) < 4.78 is 4.82. The van der Waals surface area contributed by atoms with Gasteiger partial charge in [0.05, 0.1) is 12.2 Å². The maximum absolute atomic E-state index is 11.6. The molecule has 7 heteroatoms. The van der Waals surface area contributed by atoms with E-state index in [1.54, 1.807) is 6.92 Å². The molecular formula is C14H16O7. The summed E-state index contributed by atoms with van der Waals surface area (Å²) in [6.45, 7) is 1.83. The van der Waals surface area contributed by atoms with E-state index < -0.39 is 24.0 Å². The van der Waals surface area contributed by atoms with E-state index in [0.717, 1.165) is 0 Å². The lowest BCUT2D eigenvalue weighted by molar-refractivity contribution is -0.147. The topological polar surface area (TPSA) is 121 Å².